The Bertz CT molecular complexity index is 1290. The van der Waals surface area contributed by atoms with Gasteiger partial charge in [-0.05, 0) is 67.5 Å². The van der Waals surface area contributed by atoms with Crippen molar-refractivity contribution in [2.75, 3.05) is 6.54 Å². The Morgan fingerprint density at radius 1 is 0.974 bits per heavy atom. The van der Waals surface area contributed by atoms with Crippen LogP contribution in [0.4, 0.5) is 0 Å². The van der Waals surface area contributed by atoms with E-state index in [4.69, 9.17) is 0 Å². The van der Waals surface area contributed by atoms with Gasteiger partial charge in [-0.3, -0.25) is 9.59 Å². The van der Waals surface area contributed by atoms with Crippen molar-refractivity contribution in [3.05, 3.63) is 112 Å². The lowest BCUT2D eigenvalue weighted by molar-refractivity contribution is -0.130. The fourth-order valence-electron chi connectivity index (χ4n) is 5.49. The summed E-state index contributed by atoms with van der Waals surface area (Å²) in [7, 11) is 0. The minimum Gasteiger partial charge on any atom is -0.352 e. The Hall–Kier alpha value is -3.31. The predicted molar refractivity (Wildman–Crippen MR) is 157 cm³/mol. The molecule has 3 aromatic rings. The van der Waals surface area contributed by atoms with E-state index in [0.717, 1.165) is 36.2 Å². The van der Waals surface area contributed by atoms with Crippen molar-refractivity contribution in [3.63, 3.8) is 0 Å². The molecular weight excluding hydrogens is 488 g/mol. The number of aryl methyl sites for hydroxylation is 2. The van der Waals surface area contributed by atoms with Crippen molar-refractivity contribution in [3.8, 4) is 0 Å². The summed E-state index contributed by atoms with van der Waals surface area (Å²) in [5.74, 6) is 0.0645. The SMILES string of the molecule is Cc1cccc(CN2C(=O)/C(=C\c3ccc(C(=O)NCCCc4ccccc4)cc3)SC3CCCCC32)c1. The summed E-state index contributed by atoms with van der Waals surface area (Å²) < 4.78 is 0. The Kier molecular flexibility index (Phi) is 8.65. The van der Waals surface area contributed by atoms with Gasteiger partial charge in [0, 0.05) is 29.9 Å². The lowest BCUT2D eigenvalue weighted by Gasteiger charge is -2.44. The van der Waals surface area contributed by atoms with Gasteiger partial charge in [-0.25, -0.2) is 0 Å². The number of hydrogen-bond donors (Lipinski definition) is 1. The molecule has 1 N–H and O–H groups in total. The van der Waals surface area contributed by atoms with Crippen molar-refractivity contribution >= 4 is 29.7 Å². The summed E-state index contributed by atoms with van der Waals surface area (Å²) >= 11 is 1.75. The molecule has 0 aromatic heterocycles. The number of rotatable bonds is 8. The molecule has 0 spiro atoms. The first-order chi connectivity index (χ1) is 18.6. The van der Waals surface area contributed by atoms with Crippen LogP contribution in [0.25, 0.3) is 6.08 Å². The highest BCUT2D eigenvalue weighted by atomic mass is 32.2. The van der Waals surface area contributed by atoms with Crippen LogP contribution in [0.1, 0.15) is 64.7 Å². The fourth-order valence-corrected chi connectivity index (χ4v) is 6.97. The van der Waals surface area contributed by atoms with Crippen molar-refractivity contribution < 1.29 is 9.59 Å². The first-order valence-corrected chi connectivity index (χ1v) is 14.6. The highest BCUT2D eigenvalue weighted by Gasteiger charge is 2.40. The molecule has 2 amide bonds. The molecule has 2 aliphatic rings. The number of hydrogen-bond acceptors (Lipinski definition) is 3. The number of nitrogens with zero attached hydrogens (tertiary/aromatic N) is 1. The monoisotopic (exact) mass is 524 g/mol. The molecule has 1 saturated carbocycles. The summed E-state index contributed by atoms with van der Waals surface area (Å²) in [5.41, 5.74) is 5.28. The van der Waals surface area contributed by atoms with Crippen LogP contribution in [0.5, 0.6) is 0 Å². The lowest BCUT2D eigenvalue weighted by atomic mass is 9.92. The van der Waals surface area contributed by atoms with Crippen LogP contribution in [0.3, 0.4) is 0 Å². The van der Waals surface area contributed by atoms with Gasteiger partial charge in [0.1, 0.15) is 0 Å². The van der Waals surface area contributed by atoms with Crippen molar-refractivity contribution in [2.45, 2.75) is 63.3 Å². The third-order valence-electron chi connectivity index (χ3n) is 7.49. The van der Waals surface area contributed by atoms with Crippen molar-refractivity contribution in [1.82, 2.24) is 10.2 Å². The van der Waals surface area contributed by atoms with Gasteiger partial charge in [-0.15, -0.1) is 11.8 Å². The summed E-state index contributed by atoms with van der Waals surface area (Å²) in [6.45, 7) is 3.40. The maximum atomic E-state index is 13.7. The van der Waals surface area contributed by atoms with Crippen LogP contribution >= 0.6 is 11.8 Å². The van der Waals surface area contributed by atoms with Crippen LogP contribution in [-0.2, 0) is 17.8 Å². The average Bonchev–Trinajstić information content (AvgIpc) is 2.94. The molecule has 1 saturated heterocycles. The third-order valence-corrected chi connectivity index (χ3v) is 8.89. The van der Waals surface area contributed by atoms with Gasteiger partial charge in [0.25, 0.3) is 11.8 Å². The summed E-state index contributed by atoms with van der Waals surface area (Å²) in [6, 6.07) is 26.7. The molecule has 2 fully saturated rings. The van der Waals surface area contributed by atoms with Gasteiger partial charge >= 0.3 is 0 Å². The van der Waals surface area contributed by atoms with Crippen molar-refractivity contribution in [1.29, 1.82) is 0 Å². The fraction of sp³-hybridized carbons (Fsp3) is 0.333. The van der Waals surface area contributed by atoms with Gasteiger partial charge in [0.05, 0.1) is 4.91 Å². The Balaban J connectivity index is 1.23. The first kappa shape index (κ1) is 26.3. The molecule has 1 aliphatic carbocycles. The largest absolute Gasteiger partial charge is 0.352 e. The molecule has 0 bridgehead atoms. The van der Waals surface area contributed by atoms with E-state index >= 15 is 0 Å². The van der Waals surface area contributed by atoms with E-state index in [9.17, 15) is 9.59 Å². The van der Waals surface area contributed by atoms with Crippen LogP contribution < -0.4 is 5.32 Å². The number of thioether (sulfide) groups is 1. The van der Waals surface area contributed by atoms with Crippen LogP contribution in [0.2, 0.25) is 0 Å². The third kappa shape index (κ3) is 6.57. The van der Waals surface area contributed by atoms with Gasteiger partial charge in [-0.1, -0.05) is 85.1 Å². The number of amides is 2. The van der Waals surface area contributed by atoms with E-state index in [1.807, 2.05) is 48.5 Å². The Morgan fingerprint density at radius 2 is 1.74 bits per heavy atom. The second-order valence-electron chi connectivity index (χ2n) is 10.4. The molecule has 3 aromatic carbocycles. The van der Waals surface area contributed by atoms with Crippen LogP contribution in [-0.4, -0.2) is 34.6 Å². The molecule has 196 valence electrons. The normalized spacial score (nSPS) is 20.3. The maximum absolute atomic E-state index is 13.7. The average molecular weight is 525 g/mol. The van der Waals surface area contributed by atoms with E-state index in [1.54, 1.807) is 11.8 Å². The van der Waals surface area contributed by atoms with Gasteiger partial charge in [-0.2, -0.15) is 0 Å². The molecule has 38 heavy (non-hydrogen) atoms. The summed E-state index contributed by atoms with van der Waals surface area (Å²) in [4.78, 5) is 29.2. The standard InChI is InChI=1S/C33H36N2O2S/c1-24-9-7-12-27(21-24)23-35-29-14-5-6-15-30(29)38-31(33(35)37)22-26-16-18-28(19-17-26)32(36)34-20-8-13-25-10-3-2-4-11-25/h2-4,7,9-12,16-19,21-22,29-30H,5-6,8,13-15,20,23H2,1H3,(H,34,36)/b31-22+. The number of carbonyl (C=O) groups excluding carboxylic acids is 2. The van der Waals surface area contributed by atoms with E-state index in [2.05, 4.69) is 53.5 Å². The van der Waals surface area contributed by atoms with Gasteiger partial charge in [0.2, 0.25) is 0 Å². The number of fused-ring (bicyclic) bond motifs is 1. The zero-order valence-electron chi connectivity index (χ0n) is 22.1. The number of carbonyl (C=O) groups is 2. The molecule has 5 heteroatoms. The minimum atomic E-state index is -0.0604. The lowest BCUT2D eigenvalue weighted by Crippen LogP contribution is -2.50. The quantitative estimate of drug-likeness (QED) is 0.261. The molecular formula is C33H36N2O2S. The second kappa shape index (κ2) is 12.5. The van der Waals surface area contributed by atoms with Gasteiger partial charge < -0.3 is 10.2 Å². The van der Waals surface area contributed by atoms with E-state index in [-0.39, 0.29) is 11.8 Å². The Labute approximate surface area is 230 Å². The molecule has 2 unspecified atom stereocenters. The predicted octanol–water partition coefficient (Wildman–Crippen LogP) is 6.79. The summed E-state index contributed by atoms with van der Waals surface area (Å²) in [6.07, 6.45) is 8.49. The van der Waals surface area contributed by atoms with Gasteiger partial charge in [0.15, 0.2) is 0 Å². The van der Waals surface area contributed by atoms with E-state index in [0.29, 0.717) is 29.9 Å². The number of nitrogens with one attached hydrogen (secondary N) is 1. The first-order valence-electron chi connectivity index (χ1n) is 13.7. The highest BCUT2D eigenvalue weighted by Crippen LogP contribution is 2.42. The molecule has 1 heterocycles. The smallest absolute Gasteiger partial charge is 0.260 e. The number of benzene rings is 3. The molecule has 0 radical (unpaired) electrons. The van der Waals surface area contributed by atoms with Crippen LogP contribution in [0, 0.1) is 6.92 Å². The zero-order valence-corrected chi connectivity index (χ0v) is 22.9. The second-order valence-corrected chi connectivity index (χ2v) is 11.7. The molecule has 5 rings (SSSR count). The maximum Gasteiger partial charge on any atom is 0.260 e. The minimum absolute atomic E-state index is 0.0604. The zero-order chi connectivity index (χ0) is 26.3. The van der Waals surface area contributed by atoms with Crippen LogP contribution in [0.15, 0.2) is 83.8 Å². The highest BCUT2D eigenvalue weighted by molar-refractivity contribution is 8.04. The molecule has 1 aliphatic heterocycles. The van der Waals surface area contributed by atoms with E-state index in [1.165, 1.54) is 29.5 Å². The summed E-state index contributed by atoms with van der Waals surface area (Å²) in [5, 5.41) is 3.46. The topological polar surface area (TPSA) is 49.4 Å². The van der Waals surface area contributed by atoms with E-state index < -0.39 is 0 Å². The van der Waals surface area contributed by atoms with Crippen molar-refractivity contribution in [2.24, 2.45) is 0 Å². The molecule has 2 atom stereocenters. The Morgan fingerprint density at radius 3 is 2.53 bits per heavy atom. The molecule has 4 nitrogen and oxygen atoms in total.